The summed E-state index contributed by atoms with van der Waals surface area (Å²) in [7, 11) is -0.0316. The molecule has 1 atom stereocenters. The van der Waals surface area contributed by atoms with Crippen LogP contribution in [0.15, 0.2) is 54.6 Å². The number of hydrogen-bond donors (Lipinski definition) is 0. The van der Waals surface area contributed by atoms with Crippen LogP contribution in [0.4, 0.5) is 0 Å². The van der Waals surface area contributed by atoms with Crippen LogP contribution in [0.5, 0.6) is 0 Å². The molecular formula is C17H21P. The van der Waals surface area contributed by atoms with Gasteiger partial charge in [0, 0.05) is 0 Å². The highest BCUT2D eigenvalue weighted by Crippen LogP contribution is 2.30. The van der Waals surface area contributed by atoms with Crippen molar-refractivity contribution in [2.45, 2.75) is 19.8 Å². The number of rotatable bonds is 4. The van der Waals surface area contributed by atoms with Gasteiger partial charge in [-0.2, -0.15) is 0 Å². The van der Waals surface area contributed by atoms with Crippen LogP contribution in [0.3, 0.4) is 0 Å². The molecule has 0 aliphatic heterocycles. The molecule has 1 heteroatoms. The van der Waals surface area contributed by atoms with E-state index in [4.69, 9.17) is 0 Å². The molecule has 1 aliphatic rings. The Labute approximate surface area is 112 Å². The second-order valence-corrected chi connectivity index (χ2v) is 6.93. The molecule has 0 nitrogen and oxygen atoms in total. The molecule has 18 heavy (non-hydrogen) atoms. The maximum atomic E-state index is 2.35. The number of hydrogen-bond acceptors (Lipinski definition) is 0. The predicted molar refractivity (Wildman–Crippen MR) is 85.0 cm³/mol. The highest BCUT2D eigenvalue weighted by molar-refractivity contribution is 7.65. The Kier molecular flexibility index (Phi) is 4.96. The summed E-state index contributed by atoms with van der Waals surface area (Å²) in [5.74, 6) is 0. The van der Waals surface area contributed by atoms with E-state index < -0.39 is 0 Å². The molecule has 0 radical (unpaired) electrons. The van der Waals surface area contributed by atoms with Crippen molar-refractivity contribution in [1.82, 2.24) is 0 Å². The molecule has 94 valence electrons. The van der Waals surface area contributed by atoms with Crippen molar-refractivity contribution in [2.75, 3.05) is 12.8 Å². The molecule has 0 saturated heterocycles. The predicted octanol–water partition coefficient (Wildman–Crippen LogP) is 4.73. The zero-order chi connectivity index (χ0) is 12.8. The molecule has 0 bridgehead atoms. The summed E-state index contributed by atoms with van der Waals surface area (Å²) < 4.78 is 0. The van der Waals surface area contributed by atoms with Crippen molar-refractivity contribution in [2.24, 2.45) is 0 Å². The quantitative estimate of drug-likeness (QED) is 0.539. The van der Waals surface area contributed by atoms with Crippen LogP contribution in [-0.2, 0) is 0 Å². The fraction of sp³-hybridized carbons (Fsp3) is 0.294. The molecule has 2 rings (SSSR count). The van der Waals surface area contributed by atoms with Gasteiger partial charge in [0.15, 0.2) is 0 Å². The van der Waals surface area contributed by atoms with Gasteiger partial charge < -0.3 is 0 Å². The standard InChI is InChI=1S/C17H21P/c1-3-4-14-18(2)17-12-10-16(11-13-17)15-8-6-5-7-9-15/h3-6,8,10-13H,7,9,14H2,1-2H3/b4-3-. The Hall–Kier alpha value is -1.13. The summed E-state index contributed by atoms with van der Waals surface area (Å²) in [6, 6.07) is 9.19. The first-order valence-corrected chi connectivity index (χ1v) is 8.57. The van der Waals surface area contributed by atoms with Gasteiger partial charge in [-0.15, -0.1) is 0 Å². The molecule has 0 spiro atoms. The second kappa shape index (κ2) is 6.71. The largest absolute Gasteiger partial charge is 0.0913 e. The lowest BCUT2D eigenvalue weighted by Gasteiger charge is -2.13. The summed E-state index contributed by atoms with van der Waals surface area (Å²) in [6.07, 6.45) is 14.6. The smallest absolute Gasteiger partial charge is 0.0107 e. The Balaban J connectivity index is 2.09. The highest BCUT2D eigenvalue weighted by atomic mass is 31.1. The first-order chi connectivity index (χ1) is 8.81. The lowest BCUT2D eigenvalue weighted by Crippen LogP contribution is -2.01. The third-order valence-corrected chi connectivity index (χ3v) is 5.25. The maximum absolute atomic E-state index is 2.35. The monoisotopic (exact) mass is 256 g/mol. The van der Waals surface area contributed by atoms with E-state index in [9.17, 15) is 0 Å². The topological polar surface area (TPSA) is 0 Å². The van der Waals surface area contributed by atoms with E-state index in [2.05, 4.69) is 68.2 Å². The molecular weight excluding hydrogens is 235 g/mol. The van der Waals surface area contributed by atoms with Crippen LogP contribution in [0.25, 0.3) is 5.57 Å². The van der Waals surface area contributed by atoms with Gasteiger partial charge in [-0.25, -0.2) is 0 Å². The van der Waals surface area contributed by atoms with Gasteiger partial charge >= 0.3 is 0 Å². The normalized spacial score (nSPS) is 16.9. The maximum Gasteiger partial charge on any atom is -0.0107 e. The van der Waals surface area contributed by atoms with E-state index in [-0.39, 0.29) is 7.92 Å². The van der Waals surface area contributed by atoms with Crippen molar-refractivity contribution in [3.63, 3.8) is 0 Å². The van der Waals surface area contributed by atoms with Crippen LogP contribution >= 0.6 is 7.92 Å². The van der Waals surface area contributed by atoms with E-state index in [0.717, 1.165) is 0 Å². The number of benzene rings is 1. The Morgan fingerprint density at radius 2 is 2.00 bits per heavy atom. The zero-order valence-corrected chi connectivity index (χ0v) is 12.2. The van der Waals surface area contributed by atoms with E-state index >= 15 is 0 Å². The Morgan fingerprint density at radius 1 is 1.22 bits per heavy atom. The average Bonchev–Trinajstić information content (AvgIpc) is 2.46. The molecule has 0 heterocycles. The van der Waals surface area contributed by atoms with E-state index in [0.29, 0.717) is 0 Å². The third-order valence-electron chi connectivity index (χ3n) is 3.31. The molecule has 1 aromatic carbocycles. The van der Waals surface area contributed by atoms with Crippen molar-refractivity contribution in [1.29, 1.82) is 0 Å². The first-order valence-electron chi connectivity index (χ1n) is 6.59. The summed E-state index contributed by atoms with van der Waals surface area (Å²) in [5.41, 5.74) is 2.86. The fourth-order valence-corrected chi connectivity index (χ4v) is 3.54. The molecule has 1 aromatic rings. The second-order valence-electron chi connectivity index (χ2n) is 4.66. The van der Waals surface area contributed by atoms with Crippen LogP contribution in [-0.4, -0.2) is 12.8 Å². The van der Waals surface area contributed by atoms with Gasteiger partial charge in [-0.3, -0.25) is 0 Å². The van der Waals surface area contributed by atoms with Gasteiger partial charge in [0.25, 0.3) is 0 Å². The molecule has 0 fully saturated rings. The molecule has 1 unspecified atom stereocenters. The van der Waals surface area contributed by atoms with Gasteiger partial charge in [0.1, 0.15) is 0 Å². The van der Waals surface area contributed by atoms with Gasteiger partial charge in [0.2, 0.25) is 0 Å². The summed E-state index contributed by atoms with van der Waals surface area (Å²) in [6.45, 7) is 4.45. The lowest BCUT2D eigenvalue weighted by atomic mass is 9.98. The summed E-state index contributed by atoms with van der Waals surface area (Å²) in [4.78, 5) is 0. The van der Waals surface area contributed by atoms with E-state index in [1.807, 2.05) is 0 Å². The Bertz CT molecular complexity index is 463. The number of allylic oxidation sites excluding steroid dienone is 6. The molecule has 0 saturated carbocycles. The average molecular weight is 256 g/mol. The summed E-state index contributed by atoms with van der Waals surface area (Å²) >= 11 is 0. The van der Waals surface area contributed by atoms with Crippen molar-refractivity contribution < 1.29 is 0 Å². The van der Waals surface area contributed by atoms with Gasteiger partial charge in [-0.1, -0.05) is 62.6 Å². The minimum Gasteiger partial charge on any atom is -0.0913 e. The minimum atomic E-state index is -0.0316. The van der Waals surface area contributed by atoms with E-state index in [1.54, 1.807) is 0 Å². The van der Waals surface area contributed by atoms with Gasteiger partial charge in [-0.05, 0) is 49.0 Å². The van der Waals surface area contributed by atoms with Crippen LogP contribution < -0.4 is 5.30 Å². The molecule has 1 aliphatic carbocycles. The highest BCUT2D eigenvalue weighted by Gasteiger charge is 2.06. The van der Waals surface area contributed by atoms with Crippen molar-refractivity contribution >= 4 is 18.8 Å². The minimum absolute atomic E-state index is 0.0316. The van der Waals surface area contributed by atoms with Crippen molar-refractivity contribution in [3.05, 3.63) is 60.2 Å². The van der Waals surface area contributed by atoms with Gasteiger partial charge in [0.05, 0.1) is 0 Å². The Morgan fingerprint density at radius 3 is 2.61 bits per heavy atom. The van der Waals surface area contributed by atoms with E-state index in [1.165, 1.54) is 35.4 Å². The molecule has 0 N–H and O–H groups in total. The summed E-state index contributed by atoms with van der Waals surface area (Å²) in [5, 5.41) is 1.50. The lowest BCUT2D eigenvalue weighted by molar-refractivity contribution is 1.05. The zero-order valence-electron chi connectivity index (χ0n) is 11.3. The SMILES string of the molecule is C/C=C\CP(C)c1ccc(C2=CC=CCC2)cc1. The first kappa shape index (κ1) is 13.3. The third kappa shape index (κ3) is 3.43. The van der Waals surface area contributed by atoms with Crippen LogP contribution in [0.1, 0.15) is 25.3 Å². The van der Waals surface area contributed by atoms with Crippen LogP contribution in [0, 0.1) is 0 Å². The molecule has 0 amide bonds. The molecule has 0 aromatic heterocycles. The van der Waals surface area contributed by atoms with Crippen molar-refractivity contribution in [3.8, 4) is 0 Å². The fourth-order valence-electron chi connectivity index (χ4n) is 2.14. The van der Waals surface area contributed by atoms with Crippen LogP contribution in [0.2, 0.25) is 0 Å².